The van der Waals surface area contributed by atoms with E-state index >= 15 is 0 Å². The molecule has 0 aliphatic carbocycles. The molecule has 1 heterocycles. The van der Waals surface area contributed by atoms with Crippen LogP contribution in [-0.2, 0) is 14.4 Å². The van der Waals surface area contributed by atoms with Crippen molar-refractivity contribution >= 4 is 11.7 Å². The lowest BCUT2D eigenvalue weighted by Crippen LogP contribution is -2.27. The van der Waals surface area contributed by atoms with Crippen molar-refractivity contribution < 1.29 is 14.4 Å². The number of ether oxygens (including phenoxy) is 1. The van der Waals surface area contributed by atoms with Gasteiger partial charge < -0.3 is 9.57 Å². The first-order chi connectivity index (χ1) is 5.79. The maximum atomic E-state index is 11.0. The second-order valence-electron chi connectivity index (χ2n) is 2.26. The van der Waals surface area contributed by atoms with Crippen LogP contribution in [0.15, 0.2) is 17.3 Å². The summed E-state index contributed by atoms with van der Waals surface area (Å²) in [5, 5.41) is 3.56. The van der Waals surface area contributed by atoms with Crippen LogP contribution < -0.4 is 0 Å². The van der Waals surface area contributed by atoms with Gasteiger partial charge in [-0.1, -0.05) is 11.2 Å². The Morgan fingerprint density at radius 3 is 3.08 bits per heavy atom. The second kappa shape index (κ2) is 4.01. The first kappa shape index (κ1) is 8.93. The molecule has 1 aliphatic rings. The van der Waals surface area contributed by atoms with Gasteiger partial charge in [0.15, 0.2) is 0 Å². The normalized spacial score (nSPS) is 23.0. The smallest absolute Gasteiger partial charge is 0.360 e. The van der Waals surface area contributed by atoms with Crippen LogP contribution >= 0.6 is 0 Å². The summed E-state index contributed by atoms with van der Waals surface area (Å²) in [4.78, 5) is 15.4. The van der Waals surface area contributed by atoms with Crippen LogP contribution in [0.2, 0.25) is 0 Å². The molecule has 1 atom stereocenters. The highest BCUT2D eigenvalue weighted by Crippen LogP contribution is 2.09. The first-order valence-electron chi connectivity index (χ1n) is 3.82. The van der Waals surface area contributed by atoms with Crippen molar-refractivity contribution in [2.24, 2.45) is 5.16 Å². The highest BCUT2D eigenvalue weighted by Gasteiger charge is 2.31. The van der Waals surface area contributed by atoms with Crippen molar-refractivity contribution in [2.45, 2.75) is 20.0 Å². The third-order valence-corrected chi connectivity index (χ3v) is 1.39. The van der Waals surface area contributed by atoms with Crippen molar-refractivity contribution in [3.05, 3.63) is 12.2 Å². The van der Waals surface area contributed by atoms with E-state index in [9.17, 15) is 4.79 Å². The van der Waals surface area contributed by atoms with Crippen LogP contribution in [0.4, 0.5) is 0 Å². The fraction of sp³-hybridized carbons (Fsp3) is 0.500. The zero-order chi connectivity index (χ0) is 8.97. The maximum Gasteiger partial charge on any atom is 0.369 e. The van der Waals surface area contributed by atoms with Crippen LogP contribution in [0.5, 0.6) is 0 Å². The molecule has 0 aromatic rings. The van der Waals surface area contributed by atoms with Crippen LogP contribution in [0.1, 0.15) is 13.8 Å². The Labute approximate surface area is 70.8 Å². The average molecular weight is 169 g/mol. The van der Waals surface area contributed by atoms with Gasteiger partial charge in [-0.05, 0) is 19.9 Å². The molecule has 4 heteroatoms. The average Bonchev–Trinajstić information content (AvgIpc) is 2.37. The molecule has 0 saturated carbocycles. The van der Waals surface area contributed by atoms with Crippen LogP contribution in [0, 0.1) is 0 Å². The monoisotopic (exact) mass is 169 g/mol. The molecular weight excluding hydrogens is 158 g/mol. The lowest BCUT2D eigenvalue weighted by molar-refractivity contribution is -0.148. The van der Waals surface area contributed by atoms with Gasteiger partial charge in [-0.2, -0.15) is 0 Å². The van der Waals surface area contributed by atoms with Gasteiger partial charge in [0.25, 0.3) is 0 Å². The molecule has 0 amide bonds. The molecule has 1 rings (SSSR count). The highest BCUT2D eigenvalue weighted by atomic mass is 16.7. The quantitative estimate of drug-likeness (QED) is 0.589. The van der Waals surface area contributed by atoms with Crippen molar-refractivity contribution in [1.29, 1.82) is 0 Å². The van der Waals surface area contributed by atoms with Gasteiger partial charge >= 0.3 is 5.97 Å². The molecule has 66 valence electrons. The summed E-state index contributed by atoms with van der Waals surface area (Å²) >= 11 is 0. The molecule has 0 unspecified atom stereocenters. The first-order valence-corrected chi connectivity index (χ1v) is 3.82. The molecule has 0 radical (unpaired) electrons. The summed E-state index contributed by atoms with van der Waals surface area (Å²) in [5.74, 6) is -0.440. The molecule has 0 aromatic heterocycles. The third kappa shape index (κ3) is 1.71. The standard InChI is InChI=1S/C8H11NO3/c1-3-5-6-7(11-4-2)8(10)12-9-6/h3,5,7H,4H2,1-2H3/t7-/m1/s1. The van der Waals surface area contributed by atoms with E-state index in [-0.39, 0.29) is 0 Å². The molecular formula is C8H11NO3. The molecule has 12 heavy (non-hydrogen) atoms. The van der Waals surface area contributed by atoms with Gasteiger partial charge in [-0.3, -0.25) is 0 Å². The van der Waals surface area contributed by atoms with Gasteiger partial charge in [0.05, 0.1) is 0 Å². The van der Waals surface area contributed by atoms with Crippen molar-refractivity contribution in [3.8, 4) is 0 Å². The van der Waals surface area contributed by atoms with Gasteiger partial charge in [0, 0.05) is 6.61 Å². The predicted molar refractivity (Wildman–Crippen MR) is 43.8 cm³/mol. The Morgan fingerprint density at radius 2 is 2.50 bits per heavy atom. The van der Waals surface area contributed by atoms with Crippen molar-refractivity contribution in [2.75, 3.05) is 6.61 Å². The molecule has 0 spiro atoms. The van der Waals surface area contributed by atoms with Crippen LogP contribution in [0.25, 0.3) is 0 Å². The summed E-state index contributed by atoms with van der Waals surface area (Å²) in [5.41, 5.74) is 0.532. The van der Waals surface area contributed by atoms with Gasteiger partial charge in [0.1, 0.15) is 5.71 Å². The van der Waals surface area contributed by atoms with E-state index in [0.29, 0.717) is 12.3 Å². The second-order valence-corrected chi connectivity index (χ2v) is 2.26. The highest BCUT2D eigenvalue weighted by molar-refractivity contribution is 6.13. The number of nitrogens with zero attached hydrogens (tertiary/aromatic N) is 1. The third-order valence-electron chi connectivity index (χ3n) is 1.39. The van der Waals surface area contributed by atoms with Crippen molar-refractivity contribution in [1.82, 2.24) is 0 Å². The number of oxime groups is 1. The summed E-state index contributed by atoms with van der Waals surface area (Å²) in [6.45, 7) is 4.13. The van der Waals surface area contributed by atoms with Crippen LogP contribution in [-0.4, -0.2) is 24.4 Å². The SMILES string of the molecule is CC=CC1=NOC(=O)[C@@H]1OCC. The minimum Gasteiger partial charge on any atom is -0.360 e. The summed E-state index contributed by atoms with van der Waals surface area (Å²) in [6.07, 6.45) is 2.85. The van der Waals surface area contributed by atoms with E-state index < -0.39 is 12.1 Å². The number of hydrogen-bond acceptors (Lipinski definition) is 4. The predicted octanol–water partition coefficient (Wildman–Crippen LogP) is 0.880. The summed E-state index contributed by atoms with van der Waals surface area (Å²) in [6, 6.07) is 0. The van der Waals surface area contributed by atoms with Crippen molar-refractivity contribution in [3.63, 3.8) is 0 Å². The Balaban J connectivity index is 2.67. The molecule has 0 N–H and O–H groups in total. The van der Waals surface area contributed by atoms with Crippen LogP contribution in [0.3, 0.4) is 0 Å². The molecule has 0 aromatic carbocycles. The maximum absolute atomic E-state index is 11.0. The zero-order valence-electron chi connectivity index (χ0n) is 7.11. The lowest BCUT2D eigenvalue weighted by Gasteiger charge is -2.04. The summed E-state index contributed by atoms with van der Waals surface area (Å²) in [7, 11) is 0. The van der Waals surface area contributed by atoms with E-state index in [0.717, 1.165) is 0 Å². The largest absolute Gasteiger partial charge is 0.369 e. The van der Waals surface area contributed by atoms with E-state index in [2.05, 4.69) is 9.99 Å². The van der Waals surface area contributed by atoms with E-state index in [4.69, 9.17) is 4.74 Å². The topological polar surface area (TPSA) is 47.9 Å². The molecule has 0 fully saturated rings. The molecule has 4 nitrogen and oxygen atoms in total. The summed E-state index contributed by atoms with van der Waals surface area (Å²) < 4.78 is 5.12. The Hall–Kier alpha value is -1.16. The minimum atomic E-state index is -0.633. The minimum absolute atomic E-state index is 0.440. The molecule has 1 aliphatic heterocycles. The fourth-order valence-electron chi connectivity index (χ4n) is 0.923. The van der Waals surface area contributed by atoms with Gasteiger partial charge in [-0.15, -0.1) is 0 Å². The van der Waals surface area contributed by atoms with E-state index in [1.807, 2.05) is 13.8 Å². The number of allylic oxidation sites excluding steroid dienone is 1. The zero-order valence-corrected chi connectivity index (χ0v) is 7.11. The van der Waals surface area contributed by atoms with E-state index in [1.54, 1.807) is 12.2 Å². The fourth-order valence-corrected chi connectivity index (χ4v) is 0.923. The van der Waals surface area contributed by atoms with E-state index in [1.165, 1.54) is 0 Å². The lowest BCUT2D eigenvalue weighted by atomic mass is 10.2. The number of rotatable bonds is 3. The Kier molecular flexibility index (Phi) is 2.99. The molecule has 0 bridgehead atoms. The van der Waals surface area contributed by atoms with Gasteiger partial charge in [-0.25, -0.2) is 4.79 Å². The number of carbonyl (C=O) groups excluding carboxylic acids is 1. The Morgan fingerprint density at radius 1 is 1.75 bits per heavy atom. The Bertz CT molecular complexity index is 232. The number of hydrogen-bond donors (Lipinski definition) is 0. The molecule has 0 saturated heterocycles. The number of carbonyl (C=O) groups is 1. The van der Waals surface area contributed by atoms with Gasteiger partial charge in [0.2, 0.25) is 6.10 Å².